The molecule has 0 N–H and O–H groups in total. The predicted molar refractivity (Wildman–Crippen MR) is 190 cm³/mol. The lowest BCUT2D eigenvalue weighted by atomic mass is 10.2. The molecule has 18 heteroatoms. The van der Waals surface area contributed by atoms with E-state index >= 15 is 0 Å². The van der Waals surface area contributed by atoms with Crippen molar-refractivity contribution in [3.05, 3.63) is 150 Å². The lowest BCUT2D eigenvalue weighted by molar-refractivity contribution is 0.629. The average Bonchev–Trinajstić information content (AvgIpc) is 3.82. The highest BCUT2D eigenvalue weighted by molar-refractivity contribution is 6.36. The Morgan fingerprint density at radius 1 is 0.540 bits per heavy atom. The third-order valence-corrected chi connectivity index (χ3v) is 8.48. The standard InChI is InChI=1S/C16H8Cl3N5O.C16H8Cl2FN5O/c17-9-1-3-13-11(5-9)15(25)24(14-4-2-10(18)6-12(14)19)16(22-13)23-8-20-7-21-23;17-9-1-4-14(12(18)5-9)24-15(25)11-6-10(19)2-3-13(11)22-16(24)23-8-20-7-21-23/h2*1-8H. The fourth-order valence-electron chi connectivity index (χ4n) is 4.98. The first-order valence-electron chi connectivity index (χ1n) is 14.1. The molecule has 50 heavy (non-hydrogen) atoms. The van der Waals surface area contributed by atoms with E-state index in [9.17, 15) is 14.0 Å². The molecule has 248 valence electrons. The molecule has 4 aromatic heterocycles. The SMILES string of the molecule is O=c1c2cc(Cl)ccc2nc(-n2cncn2)n1-c1ccc(Cl)cc1Cl.O=c1c2cc(F)ccc2nc(-n2cncn2)n1-c1ccc(Cl)cc1Cl. The molecule has 0 aliphatic carbocycles. The molecule has 0 spiro atoms. The summed E-state index contributed by atoms with van der Waals surface area (Å²) in [6.45, 7) is 0. The number of fused-ring (bicyclic) bond motifs is 2. The minimum Gasteiger partial charge on any atom is -0.268 e. The molecule has 4 heterocycles. The number of hydrogen-bond donors (Lipinski definition) is 0. The number of rotatable bonds is 4. The van der Waals surface area contributed by atoms with Crippen molar-refractivity contribution in [3.63, 3.8) is 0 Å². The summed E-state index contributed by atoms with van der Waals surface area (Å²) in [7, 11) is 0. The summed E-state index contributed by atoms with van der Waals surface area (Å²) in [6.07, 6.45) is 5.52. The Kier molecular flexibility index (Phi) is 9.07. The van der Waals surface area contributed by atoms with Gasteiger partial charge in [-0.2, -0.15) is 19.6 Å². The summed E-state index contributed by atoms with van der Waals surface area (Å²) in [6, 6.07) is 18.2. The van der Waals surface area contributed by atoms with Gasteiger partial charge in [0.2, 0.25) is 11.9 Å². The zero-order chi connectivity index (χ0) is 35.1. The van der Waals surface area contributed by atoms with Crippen LogP contribution in [0.5, 0.6) is 0 Å². The van der Waals surface area contributed by atoms with Crippen molar-refractivity contribution >= 4 is 79.8 Å². The third-order valence-electron chi connectivity index (χ3n) is 7.17. The van der Waals surface area contributed by atoms with E-state index in [1.807, 2.05) is 0 Å². The number of aromatic nitrogens is 10. The van der Waals surface area contributed by atoms with Crippen LogP contribution in [0.3, 0.4) is 0 Å². The quantitative estimate of drug-likeness (QED) is 0.182. The minimum atomic E-state index is -0.534. The largest absolute Gasteiger partial charge is 0.268 e. The maximum atomic E-state index is 13.6. The van der Waals surface area contributed by atoms with E-state index < -0.39 is 11.4 Å². The monoisotopic (exact) mass is 766 g/mol. The Bertz CT molecular complexity index is 2500. The van der Waals surface area contributed by atoms with Gasteiger partial charge in [0.1, 0.15) is 31.1 Å². The van der Waals surface area contributed by atoms with Crippen molar-refractivity contribution < 1.29 is 4.39 Å². The molecule has 0 aliphatic rings. The van der Waals surface area contributed by atoms with Crippen molar-refractivity contribution in [2.45, 2.75) is 0 Å². The molecule has 0 radical (unpaired) electrons. The highest BCUT2D eigenvalue weighted by Crippen LogP contribution is 2.27. The topological polar surface area (TPSA) is 131 Å². The Morgan fingerprint density at radius 2 is 0.980 bits per heavy atom. The van der Waals surface area contributed by atoms with Crippen LogP contribution in [0.25, 0.3) is 45.1 Å². The number of benzene rings is 4. The van der Waals surface area contributed by atoms with Crippen molar-refractivity contribution in [3.8, 4) is 23.3 Å². The molecule has 8 rings (SSSR count). The molecule has 0 aliphatic heterocycles. The first kappa shape index (κ1) is 33.3. The molecule has 0 saturated heterocycles. The molecule has 0 fully saturated rings. The van der Waals surface area contributed by atoms with Crippen LogP contribution in [0, 0.1) is 5.82 Å². The van der Waals surface area contributed by atoms with Crippen LogP contribution in [-0.2, 0) is 0 Å². The van der Waals surface area contributed by atoms with E-state index in [4.69, 9.17) is 58.0 Å². The first-order valence-corrected chi connectivity index (χ1v) is 16.0. The summed E-state index contributed by atoms with van der Waals surface area (Å²) >= 11 is 30.5. The summed E-state index contributed by atoms with van der Waals surface area (Å²) < 4.78 is 18.9. The average molecular weight is 769 g/mol. The van der Waals surface area contributed by atoms with E-state index in [0.29, 0.717) is 47.9 Å². The van der Waals surface area contributed by atoms with E-state index in [0.717, 1.165) is 6.07 Å². The van der Waals surface area contributed by atoms with Crippen molar-refractivity contribution in [1.82, 2.24) is 48.6 Å². The lowest BCUT2D eigenvalue weighted by Crippen LogP contribution is -2.25. The summed E-state index contributed by atoms with van der Waals surface area (Å²) in [5.41, 5.74) is 0.775. The Morgan fingerprint density at radius 3 is 1.44 bits per heavy atom. The van der Waals surface area contributed by atoms with Gasteiger partial charge in [-0.05, 0) is 72.8 Å². The molecule has 4 aromatic carbocycles. The van der Waals surface area contributed by atoms with Gasteiger partial charge >= 0.3 is 0 Å². The van der Waals surface area contributed by atoms with Gasteiger partial charge in [-0.1, -0.05) is 58.0 Å². The highest BCUT2D eigenvalue weighted by Gasteiger charge is 2.19. The van der Waals surface area contributed by atoms with Gasteiger partial charge < -0.3 is 0 Å². The van der Waals surface area contributed by atoms with Crippen LogP contribution in [0.4, 0.5) is 4.39 Å². The minimum absolute atomic E-state index is 0.120. The third kappa shape index (κ3) is 6.32. The van der Waals surface area contributed by atoms with Crippen molar-refractivity contribution in [2.24, 2.45) is 0 Å². The van der Waals surface area contributed by atoms with Gasteiger partial charge in [-0.25, -0.2) is 33.5 Å². The second-order valence-electron chi connectivity index (χ2n) is 10.3. The first-order chi connectivity index (χ1) is 24.1. The molecular weight excluding hydrogens is 753 g/mol. The van der Waals surface area contributed by atoms with Crippen molar-refractivity contribution in [1.29, 1.82) is 0 Å². The van der Waals surface area contributed by atoms with Gasteiger partial charge in [0.25, 0.3) is 11.1 Å². The number of nitrogens with zero attached hydrogens (tertiary/aromatic N) is 10. The van der Waals surface area contributed by atoms with Crippen LogP contribution in [0.1, 0.15) is 0 Å². The summed E-state index contributed by atoms with van der Waals surface area (Å²) in [4.78, 5) is 42.9. The fraction of sp³-hybridized carbons (Fsp3) is 0. The zero-order valence-electron chi connectivity index (χ0n) is 24.8. The van der Waals surface area contributed by atoms with Crippen LogP contribution in [0.2, 0.25) is 25.1 Å². The molecule has 8 aromatic rings. The Hall–Kier alpha value is -5.18. The van der Waals surface area contributed by atoms with Gasteiger partial charge in [0.15, 0.2) is 0 Å². The van der Waals surface area contributed by atoms with Crippen LogP contribution in [0.15, 0.2) is 108 Å². The van der Waals surface area contributed by atoms with E-state index in [1.165, 1.54) is 62.0 Å². The predicted octanol–water partition coefficient (Wildman–Crippen LogP) is 7.34. The Labute approximate surface area is 304 Å². The molecule has 0 amide bonds. The fourth-order valence-corrected chi connectivity index (χ4v) is 6.14. The van der Waals surface area contributed by atoms with Gasteiger partial charge in [0, 0.05) is 15.1 Å². The van der Waals surface area contributed by atoms with Crippen LogP contribution in [-0.4, -0.2) is 48.6 Å². The number of halogens is 6. The Balaban J connectivity index is 0.000000157. The van der Waals surface area contributed by atoms with Gasteiger partial charge in [-0.15, -0.1) is 0 Å². The van der Waals surface area contributed by atoms with E-state index in [1.54, 1.807) is 48.5 Å². The molecule has 0 atom stereocenters. The maximum Gasteiger partial charge on any atom is 0.267 e. The maximum absolute atomic E-state index is 13.6. The summed E-state index contributed by atoms with van der Waals surface area (Å²) in [5.74, 6) is -0.110. The second kappa shape index (κ2) is 13.6. The summed E-state index contributed by atoms with van der Waals surface area (Å²) in [5, 5.41) is 10.4. The molecule has 0 unspecified atom stereocenters. The van der Waals surface area contributed by atoms with Gasteiger partial charge in [0.05, 0.1) is 43.2 Å². The van der Waals surface area contributed by atoms with Crippen molar-refractivity contribution in [2.75, 3.05) is 0 Å². The van der Waals surface area contributed by atoms with Gasteiger partial charge in [-0.3, -0.25) is 9.59 Å². The molecule has 0 bridgehead atoms. The molecular formula is C32H16Cl5FN10O2. The van der Waals surface area contributed by atoms with Crippen LogP contribution < -0.4 is 11.1 Å². The van der Waals surface area contributed by atoms with E-state index in [-0.39, 0.29) is 27.9 Å². The number of hydrogen-bond acceptors (Lipinski definition) is 8. The van der Waals surface area contributed by atoms with E-state index in [2.05, 4.69) is 30.1 Å². The highest BCUT2D eigenvalue weighted by atomic mass is 35.5. The molecule has 12 nitrogen and oxygen atoms in total. The molecule has 0 saturated carbocycles. The smallest absolute Gasteiger partial charge is 0.267 e. The second-order valence-corrected chi connectivity index (χ2v) is 12.4. The van der Waals surface area contributed by atoms with Crippen LogP contribution >= 0.6 is 58.0 Å². The normalized spacial score (nSPS) is 11.2. The zero-order valence-corrected chi connectivity index (χ0v) is 28.6. The lowest BCUT2D eigenvalue weighted by Gasteiger charge is -2.14.